The van der Waals surface area contributed by atoms with Crippen molar-refractivity contribution >= 4 is 11.7 Å². The van der Waals surface area contributed by atoms with Crippen molar-refractivity contribution in [2.75, 3.05) is 19.0 Å². The Morgan fingerprint density at radius 2 is 1.88 bits per heavy atom. The van der Waals surface area contributed by atoms with Crippen LogP contribution in [0.15, 0.2) is 48.5 Å². The predicted molar refractivity (Wildman–Crippen MR) is 100 cm³/mol. The van der Waals surface area contributed by atoms with Gasteiger partial charge < -0.3 is 20.1 Å². The van der Waals surface area contributed by atoms with E-state index < -0.39 is 0 Å². The van der Waals surface area contributed by atoms with Gasteiger partial charge in [0.25, 0.3) is 0 Å². The Bertz CT molecular complexity index is 674. The molecule has 25 heavy (non-hydrogen) atoms. The van der Waals surface area contributed by atoms with Gasteiger partial charge in [0.1, 0.15) is 0 Å². The van der Waals surface area contributed by atoms with Gasteiger partial charge in [0.15, 0.2) is 11.5 Å². The Kier molecular flexibility index (Phi) is 7.14. The molecule has 2 amide bonds. The molecule has 0 aromatic heterocycles. The van der Waals surface area contributed by atoms with Crippen molar-refractivity contribution in [1.29, 1.82) is 0 Å². The number of anilines is 1. The van der Waals surface area contributed by atoms with Gasteiger partial charge in [0.05, 0.1) is 25.4 Å². The number of rotatable bonds is 8. The molecule has 5 heteroatoms. The van der Waals surface area contributed by atoms with Crippen LogP contribution < -0.4 is 20.1 Å². The van der Waals surface area contributed by atoms with E-state index in [-0.39, 0.29) is 12.1 Å². The number of nitrogens with one attached hydrogen (secondary N) is 2. The third-order valence-electron chi connectivity index (χ3n) is 3.83. The fourth-order valence-electron chi connectivity index (χ4n) is 2.45. The number of unbranched alkanes of at least 4 members (excludes halogenated alkanes) is 1. The second-order valence-electron chi connectivity index (χ2n) is 5.77. The van der Waals surface area contributed by atoms with E-state index in [9.17, 15) is 4.79 Å². The normalized spacial score (nSPS) is 11.5. The summed E-state index contributed by atoms with van der Waals surface area (Å²) in [6, 6.07) is 14.9. The van der Waals surface area contributed by atoms with E-state index in [1.165, 1.54) is 0 Å². The van der Waals surface area contributed by atoms with Crippen molar-refractivity contribution in [3.8, 4) is 11.5 Å². The van der Waals surface area contributed by atoms with Crippen LogP contribution in [0.4, 0.5) is 10.5 Å². The largest absolute Gasteiger partial charge is 0.491 e. The quantitative estimate of drug-likeness (QED) is 0.680. The highest BCUT2D eigenvalue weighted by molar-refractivity contribution is 5.91. The lowest BCUT2D eigenvalue weighted by atomic mass is 10.1. The molecule has 0 heterocycles. The first-order valence-corrected chi connectivity index (χ1v) is 8.58. The highest BCUT2D eigenvalue weighted by atomic mass is 16.5. The Morgan fingerprint density at radius 3 is 2.56 bits per heavy atom. The molecule has 0 spiro atoms. The van der Waals surface area contributed by atoms with Crippen LogP contribution in [0.3, 0.4) is 0 Å². The van der Waals surface area contributed by atoms with Crippen LogP contribution in [-0.4, -0.2) is 19.7 Å². The van der Waals surface area contributed by atoms with Gasteiger partial charge in [-0.1, -0.05) is 49.7 Å². The smallest absolute Gasteiger partial charge is 0.319 e. The fraction of sp³-hybridized carbons (Fsp3) is 0.350. The maximum Gasteiger partial charge on any atom is 0.319 e. The molecule has 2 N–H and O–H groups in total. The maximum atomic E-state index is 12.3. The zero-order chi connectivity index (χ0) is 18.1. The molecule has 2 aromatic rings. The SMILES string of the molecule is CCCCOc1cccc(NC(=O)N[C@@H](C)c2ccccc2)c1OC. The van der Waals surface area contributed by atoms with E-state index in [1.54, 1.807) is 13.2 Å². The highest BCUT2D eigenvalue weighted by Crippen LogP contribution is 2.35. The summed E-state index contributed by atoms with van der Waals surface area (Å²) in [5.74, 6) is 1.16. The summed E-state index contributed by atoms with van der Waals surface area (Å²) in [5.41, 5.74) is 1.62. The third-order valence-corrected chi connectivity index (χ3v) is 3.83. The molecule has 1 atom stereocenters. The molecule has 0 unspecified atom stereocenters. The third kappa shape index (κ3) is 5.41. The molecule has 0 aliphatic rings. The predicted octanol–water partition coefficient (Wildman–Crippen LogP) is 4.76. The molecule has 0 fully saturated rings. The molecule has 0 bridgehead atoms. The van der Waals surface area contributed by atoms with E-state index >= 15 is 0 Å². The second-order valence-corrected chi connectivity index (χ2v) is 5.77. The Balaban J connectivity index is 2.03. The molecule has 0 aliphatic carbocycles. The van der Waals surface area contributed by atoms with E-state index in [1.807, 2.05) is 49.4 Å². The minimum absolute atomic E-state index is 0.101. The molecule has 0 radical (unpaired) electrons. The summed E-state index contributed by atoms with van der Waals surface area (Å²) >= 11 is 0. The Labute approximate surface area is 149 Å². The number of hydrogen-bond acceptors (Lipinski definition) is 3. The fourth-order valence-corrected chi connectivity index (χ4v) is 2.45. The van der Waals surface area contributed by atoms with E-state index in [0.29, 0.717) is 23.8 Å². The minimum Gasteiger partial charge on any atom is -0.491 e. The number of carbonyl (C=O) groups is 1. The summed E-state index contributed by atoms with van der Waals surface area (Å²) < 4.78 is 11.2. The summed E-state index contributed by atoms with van der Waals surface area (Å²) in [5, 5.41) is 5.76. The van der Waals surface area contributed by atoms with Crippen LogP contribution in [0.5, 0.6) is 11.5 Å². The molecular formula is C20H26N2O3. The van der Waals surface area contributed by atoms with Gasteiger partial charge in [-0.15, -0.1) is 0 Å². The number of para-hydroxylation sites is 1. The zero-order valence-corrected chi connectivity index (χ0v) is 15.0. The standard InChI is InChI=1S/C20H26N2O3/c1-4-5-14-25-18-13-9-12-17(19(18)24-3)22-20(23)21-15(2)16-10-7-6-8-11-16/h6-13,15H,4-5,14H2,1-3H3,(H2,21,22,23)/t15-/m0/s1. The van der Waals surface area contributed by atoms with Crippen molar-refractivity contribution in [2.45, 2.75) is 32.7 Å². The molecule has 134 valence electrons. The Morgan fingerprint density at radius 1 is 1.12 bits per heavy atom. The zero-order valence-electron chi connectivity index (χ0n) is 15.0. The van der Waals surface area contributed by atoms with Crippen molar-refractivity contribution in [1.82, 2.24) is 5.32 Å². The number of methoxy groups -OCH3 is 1. The first-order valence-electron chi connectivity index (χ1n) is 8.58. The number of ether oxygens (including phenoxy) is 2. The van der Waals surface area contributed by atoms with Gasteiger partial charge in [-0.3, -0.25) is 0 Å². The molecule has 0 aliphatic heterocycles. The van der Waals surface area contributed by atoms with E-state index in [2.05, 4.69) is 17.6 Å². The van der Waals surface area contributed by atoms with Gasteiger partial charge in [0, 0.05) is 0 Å². The molecule has 2 rings (SSSR count). The van der Waals surface area contributed by atoms with Gasteiger partial charge in [-0.25, -0.2) is 4.79 Å². The Hall–Kier alpha value is -2.69. The topological polar surface area (TPSA) is 59.6 Å². The summed E-state index contributed by atoms with van der Waals surface area (Å²) in [4.78, 5) is 12.3. The number of carbonyl (C=O) groups excluding carboxylic acids is 1. The van der Waals surface area contributed by atoms with Gasteiger partial charge in [-0.2, -0.15) is 0 Å². The second kappa shape index (κ2) is 9.57. The molecule has 0 saturated heterocycles. The van der Waals surface area contributed by atoms with Crippen molar-refractivity contribution in [3.63, 3.8) is 0 Å². The highest BCUT2D eigenvalue weighted by Gasteiger charge is 2.14. The van der Waals surface area contributed by atoms with Crippen molar-refractivity contribution < 1.29 is 14.3 Å². The first kappa shape index (κ1) is 18.6. The number of urea groups is 1. The number of benzene rings is 2. The van der Waals surface area contributed by atoms with Crippen LogP contribution >= 0.6 is 0 Å². The van der Waals surface area contributed by atoms with E-state index in [0.717, 1.165) is 18.4 Å². The number of amides is 2. The lowest BCUT2D eigenvalue weighted by Gasteiger charge is -2.17. The van der Waals surface area contributed by atoms with Gasteiger partial charge in [0.2, 0.25) is 0 Å². The van der Waals surface area contributed by atoms with Gasteiger partial charge >= 0.3 is 6.03 Å². The average Bonchev–Trinajstić information content (AvgIpc) is 2.62. The minimum atomic E-state index is -0.291. The summed E-state index contributed by atoms with van der Waals surface area (Å²) in [6.45, 7) is 4.67. The summed E-state index contributed by atoms with van der Waals surface area (Å²) in [7, 11) is 1.57. The molecule has 2 aromatic carbocycles. The first-order chi connectivity index (χ1) is 12.2. The lowest BCUT2D eigenvalue weighted by molar-refractivity contribution is 0.249. The molecule has 5 nitrogen and oxygen atoms in total. The van der Waals surface area contributed by atoms with Crippen LogP contribution in [0, 0.1) is 0 Å². The molecular weight excluding hydrogens is 316 g/mol. The van der Waals surface area contributed by atoms with Crippen molar-refractivity contribution in [2.24, 2.45) is 0 Å². The van der Waals surface area contributed by atoms with Crippen LogP contribution in [-0.2, 0) is 0 Å². The lowest BCUT2D eigenvalue weighted by Crippen LogP contribution is -2.31. The van der Waals surface area contributed by atoms with Gasteiger partial charge in [-0.05, 0) is 31.0 Å². The van der Waals surface area contributed by atoms with Crippen molar-refractivity contribution in [3.05, 3.63) is 54.1 Å². The summed E-state index contributed by atoms with van der Waals surface area (Å²) in [6.07, 6.45) is 2.02. The monoisotopic (exact) mass is 342 g/mol. The van der Waals surface area contributed by atoms with Crippen LogP contribution in [0.1, 0.15) is 38.3 Å². The van der Waals surface area contributed by atoms with Crippen LogP contribution in [0.2, 0.25) is 0 Å². The maximum absolute atomic E-state index is 12.3. The average molecular weight is 342 g/mol. The molecule has 0 saturated carbocycles. The van der Waals surface area contributed by atoms with E-state index in [4.69, 9.17) is 9.47 Å². The number of hydrogen-bond donors (Lipinski definition) is 2. The van der Waals surface area contributed by atoms with Crippen LogP contribution in [0.25, 0.3) is 0 Å².